The summed E-state index contributed by atoms with van der Waals surface area (Å²) < 4.78 is 31.2. The lowest BCUT2D eigenvalue weighted by Crippen LogP contribution is -2.44. The van der Waals surface area contributed by atoms with Crippen molar-refractivity contribution in [3.8, 4) is 6.07 Å². The average Bonchev–Trinajstić information content (AvgIpc) is 3.55. The largest absolute Gasteiger partial charge is 0.377 e. The van der Waals surface area contributed by atoms with E-state index in [1.54, 1.807) is 6.07 Å². The maximum Gasteiger partial charge on any atom is 0.224 e. The van der Waals surface area contributed by atoms with Crippen LogP contribution in [0.2, 0.25) is 10.3 Å². The van der Waals surface area contributed by atoms with Crippen LogP contribution in [0.25, 0.3) is 0 Å². The summed E-state index contributed by atoms with van der Waals surface area (Å²) >= 11 is 13.0. The van der Waals surface area contributed by atoms with Crippen molar-refractivity contribution < 1.29 is 13.2 Å². The molecular weight excluding hydrogens is 471 g/mol. The number of nitriles is 1. The first-order valence-corrected chi connectivity index (χ1v) is 12.6. The molecule has 0 unspecified atom stereocenters. The monoisotopic (exact) mass is 492 g/mol. The van der Waals surface area contributed by atoms with Crippen molar-refractivity contribution in [1.82, 2.24) is 9.97 Å². The van der Waals surface area contributed by atoms with Crippen LogP contribution in [0.15, 0.2) is 35.7 Å². The van der Waals surface area contributed by atoms with Crippen LogP contribution in [0.1, 0.15) is 36.6 Å². The molecule has 7 nitrogen and oxygen atoms in total. The van der Waals surface area contributed by atoms with E-state index in [4.69, 9.17) is 27.9 Å². The third-order valence-corrected chi connectivity index (χ3v) is 8.36. The highest BCUT2D eigenvalue weighted by Crippen LogP contribution is 2.56. The van der Waals surface area contributed by atoms with Crippen molar-refractivity contribution in [1.29, 1.82) is 5.26 Å². The van der Waals surface area contributed by atoms with Gasteiger partial charge in [-0.2, -0.15) is 5.26 Å². The summed E-state index contributed by atoms with van der Waals surface area (Å²) in [5.74, 6) is 0.391. The Bertz CT molecular complexity index is 1220. The SMILES string of the molecule is C=CCS(=O)(=O)c1c(C#N)ccc(C2(c3cc(N4CCOC[C@@H]4C)nc(Cl)n3)CC2)c1Cl. The molecule has 0 N–H and O–H groups in total. The number of anilines is 1. The molecule has 1 aliphatic carbocycles. The Kier molecular flexibility index (Phi) is 6.21. The zero-order chi connectivity index (χ0) is 23.1. The second kappa shape index (κ2) is 8.64. The van der Waals surface area contributed by atoms with Gasteiger partial charge in [-0.1, -0.05) is 23.7 Å². The number of morpholine rings is 1. The first kappa shape index (κ1) is 23.0. The lowest BCUT2D eigenvalue weighted by atomic mass is 9.91. The van der Waals surface area contributed by atoms with Crippen molar-refractivity contribution in [3.63, 3.8) is 0 Å². The fourth-order valence-corrected chi connectivity index (χ4v) is 6.39. The summed E-state index contributed by atoms with van der Waals surface area (Å²) in [5, 5.41) is 9.66. The summed E-state index contributed by atoms with van der Waals surface area (Å²) in [6.07, 6.45) is 2.74. The Morgan fingerprint density at radius 2 is 2.12 bits per heavy atom. The topological polar surface area (TPSA) is 96.2 Å². The first-order valence-electron chi connectivity index (χ1n) is 10.2. The van der Waals surface area contributed by atoms with Gasteiger partial charge in [0, 0.05) is 18.0 Å². The zero-order valence-electron chi connectivity index (χ0n) is 17.5. The van der Waals surface area contributed by atoms with E-state index in [1.165, 1.54) is 12.1 Å². The number of hydrogen-bond donors (Lipinski definition) is 0. The zero-order valence-corrected chi connectivity index (χ0v) is 19.8. The minimum absolute atomic E-state index is 0.0138. The first-order chi connectivity index (χ1) is 15.2. The van der Waals surface area contributed by atoms with Gasteiger partial charge in [-0.05, 0) is 43.0 Å². The number of halogens is 2. The van der Waals surface area contributed by atoms with Gasteiger partial charge in [0.2, 0.25) is 5.28 Å². The molecule has 2 heterocycles. The van der Waals surface area contributed by atoms with Gasteiger partial charge < -0.3 is 9.64 Å². The summed E-state index contributed by atoms with van der Waals surface area (Å²) in [6, 6.07) is 7.19. The molecule has 2 fully saturated rings. The molecule has 0 amide bonds. The van der Waals surface area contributed by atoms with Gasteiger partial charge in [0.05, 0.1) is 41.3 Å². The van der Waals surface area contributed by atoms with Gasteiger partial charge in [-0.3, -0.25) is 0 Å². The molecule has 0 bridgehead atoms. The molecule has 2 aromatic rings. The van der Waals surface area contributed by atoms with Crippen LogP contribution in [0, 0.1) is 11.3 Å². The summed E-state index contributed by atoms with van der Waals surface area (Å²) in [5.41, 5.74) is 0.738. The van der Waals surface area contributed by atoms with Gasteiger partial charge in [-0.25, -0.2) is 18.4 Å². The van der Waals surface area contributed by atoms with E-state index in [1.807, 2.05) is 12.1 Å². The van der Waals surface area contributed by atoms with Crippen LogP contribution in [-0.2, 0) is 20.0 Å². The van der Waals surface area contributed by atoms with E-state index in [0.717, 1.165) is 12.8 Å². The number of nitrogens with zero attached hydrogens (tertiary/aromatic N) is 4. The fourth-order valence-electron chi connectivity index (χ4n) is 4.21. The molecule has 10 heteroatoms. The summed E-state index contributed by atoms with van der Waals surface area (Å²) in [4.78, 5) is 10.9. The number of hydrogen-bond acceptors (Lipinski definition) is 7. The van der Waals surface area contributed by atoms with Crippen LogP contribution in [0.3, 0.4) is 0 Å². The Balaban J connectivity index is 1.84. The van der Waals surface area contributed by atoms with Gasteiger partial charge in [0.1, 0.15) is 16.8 Å². The summed E-state index contributed by atoms with van der Waals surface area (Å²) in [7, 11) is -3.82. The Hall–Kier alpha value is -2.18. The number of rotatable bonds is 6. The van der Waals surface area contributed by atoms with Crippen molar-refractivity contribution in [3.05, 3.63) is 58.0 Å². The molecule has 1 aromatic carbocycles. The molecule has 1 atom stereocenters. The van der Waals surface area contributed by atoms with Gasteiger partial charge in [0.25, 0.3) is 0 Å². The van der Waals surface area contributed by atoms with Crippen LogP contribution in [0.5, 0.6) is 0 Å². The molecule has 1 aromatic heterocycles. The lowest BCUT2D eigenvalue weighted by molar-refractivity contribution is 0.0985. The predicted molar refractivity (Wildman–Crippen MR) is 123 cm³/mol. The fraction of sp³-hybridized carbons (Fsp3) is 0.409. The highest BCUT2D eigenvalue weighted by molar-refractivity contribution is 7.91. The van der Waals surface area contributed by atoms with Crippen LogP contribution >= 0.6 is 23.2 Å². The molecular formula is C22H22Cl2N4O3S. The van der Waals surface area contributed by atoms with E-state index in [2.05, 4.69) is 28.4 Å². The number of aromatic nitrogens is 2. The standard InChI is InChI=1S/C22H22Cl2N4O3S/c1-3-10-32(29,30)20-15(12-25)4-5-16(19(20)23)22(6-7-22)17-11-18(27-21(24)26-17)28-8-9-31-13-14(28)2/h3-5,11,14H,1,6-10,13H2,2H3/t14-/m0/s1. The Morgan fingerprint density at radius 3 is 2.75 bits per heavy atom. The van der Waals surface area contributed by atoms with Crippen LogP contribution < -0.4 is 4.90 Å². The maximum absolute atomic E-state index is 12.8. The normalized spacial score (nSPS) is 19.9. The smallest absolute Gasteiger partial charge is 0.224 e. The third-order valence-electron chi connectivity index (χ3n) is 5.97. The van der Waals surface area contributed by atoms with Crippen molar-refractivity contribution in [2.75, 3.05) is 30.4 Å². The van der Waals surface area contributed by atoms with Crippen LogP contribution in [-0.4, -0.2) is 49.9 Å². The van der Waals surface area contributed by atoms with Gasteiger partial charge in [0.15, 0.2) is 9.84 Å². The van der Waals surface area contributed by atoms with E-state index in [-0.39, 0.29) is 32.6 Å². The second-order valence-corrected chi connectivity index (χ2v) is 10.8. The minimum Gasteiger partial charge on any atom is -0.377 e. The molecule has 168 valence electrons. The molecule has 0 radical (unpaired) electrons. The predicted octanol–water partition coefficient (Wildman–Crippen LogP) is 3.92. The molecule has 1 saturated carbocycles. The second-order valence-electron chi connectivity index (χ2n) is 8.07. The molecule has 4 rings (SSSR count). The molecule has 1 saturated heterocycles. The summed E-state index contributed by atoms with van der Waals surface area (Å²) in [6.45, 7) is 7.43. The molecule has 1 aliphatic heterocycles. The Labute approximate surface area is 197 Å². The highest BCUT2D eigenvalue weighted by Gasteiger charge is 2.50. The molecule has 32 heavy (non-hydrogen) atoms. The van der Waals surface area contributed by atoms with E-state index in [9.17, 15) is 13.7 Å². The number of benzene rings is 1. The lowest BCUT2D eigenvalue weighted by Gasteiger charge is -2.34. The van der Waals surface area contributed by atoms with Crippen molar-refractivity contribution in [2.24, 2.45) is 0 Å². The maximum atomic E-state index is 12.8. The molecule has 2 aliphatic rings. The average molecular weight is 493 g/mol. The van der Waals surface area contributed by atoms with Crippen molar-refractivity contribution >= 4 is 38.9 Å². The van der Waals surface area contributed by atoms with E-state index < -0.39 is 15.3 Å². The van der Waals surface area contributed by atoms with Crippen molar-refractivity contribution in [2.45, 2.75) is 36.1 Å². The van der Waals surface area contributed by atoms with Gasteiger partial charge in [-0.15, -0.1) is 6.58 Å². The number of ether oxygens (including phenoxy) is 1. The van der Waals surface area contributed by atoms with Gasteiger partial charge >= 0.3 is 0 Å². The minimum atomic E-state index is -3.82. The number of sulfone groups is 1. The quantitative estimate of drug-likeness (QED) is 0.445. The highest BCUT2D eigenvalue weighted by atomic mass is 35.5. The Morgan fingerprint density at radius 1 is 1.38 bits per heavy atom. The van der Waals surface area contributed by atoms with E-state index in [0.29, 0.717) is 36.8 Å². The van der Waals surface area contributed by atoms with E-state index >= 15 is 0 Å². The molecule has 0 spiro atoms. The van der Waals surface area contributed by atoms with Crippen LogP contribution in [0.4, 0.5) is 5.82 Å². The third kappa shape index (κ3) is 3.99.